The fraction of sp³-hybridized carbons (Fsp3) is 0.350. The van der Waals surface area contributed by atoms with Crippen molar-refractivity contribution in [1.29, 1.82) is 0 Å². The summed E-state index contributed by atoms with van der Waals surface area (Å²) in [7, 11) is 0. The maximum absolute atomic E-state index is 13.5. The van der Waals surface area contributed by atoms with Gasteiger partial charge in [0.1, 0.15) is 17.5 Å². The summed E-state index contributed by atoms with van der Waals surface area (Å²) in [5.41, 5.74) is 0.926. The molecule has 27 heavy (non-hydrogen) atoms. The number of benzene rings is 2. The Labute approximate surface area is 156 Å². The van der Waals surface area contributed by atoms with Gasteiger partial charge in [-0.2, -0.15) is 0 Å². The number of halogens is 3. The van der Waals surface area contributed by atoms with Gasteiger partial charge in [0.25, 0.3) is 0 Å². The molecule has 0 atom stereocenters. The summed E-state index contributed by atoms with van der Waals surface area (Å²) < 4.78 is 40.1. The molecule has 0 spiro atoms. The molecular formula is C20H22F3N3O. The van der Waals surface area contributed by atoms with Crippen molar-refractivity contribution in [3.8, 4) is 0 Å². The highest BCUT2D eigenvalue weighted by atomic mass is 19.1. The Balaban J connectivity index is 1.40. The average molecular weight is 377 g/mol. The van der Waals surface area contributed by atoms with Gasteiger partial charge >= 0.3 is 0 Å². The molecule has 1 aliphatic rings. The first-order chi connectivity index (χ1) is 13.0. The van der Waals surface area contributed by atoms with Gasteiger partial charge in [-0.1, -0.05) is 6.07 Å². The predicted molar refractivity (Wildman–Crippen MR) is 97.9 cm³/mol. The number of nitrogens with zero attached hydrogens (tertiary/aromatic N) is 2. The quantitative estimate of drug-likeness (QED) is 0.787. The summed E-state index contributed by atoms with van der Waals surface area (Å²) in [6, 6.07) is 10.1. The number of carbonyl (C=O) groups excluding carboxylic acids is 1. The van der Waals surface area contributed by atoms with Gasteiger partial charge in [-0.3, -0.25) is 4.79 Å². The second-order valence-corrected chi connectivity index (χ2v) is 6.47. The molecule has 2 aromatic carbocycles. The summed E-state index contributed by atoms with van der Waals surface area (Å²) in [6.07, 6.45) is 0.270. The molecular weight excluding hydrogens is 355 g/mol. The maximum Gasteiger partial charge on any atom is 0.223 e. The molecule has 1 heterocycles. The van der Waals surface area contributed by atoms with E-state index >= 15 is 0 Å². The lowest BCUT2D eigenvalue weighted by Crippen LogP contribution is -2.49. The van der Waals surface area contributed by atoms with Crippen molar-refractivity contribution in [3.63, 3.8) is 0 Å². The van der Waals surface area contributed by atoms with Crippen LogP contribution in [0.2, 0.25) is 0 Å². The molecule has 1 aliphatic heterocycles. The van der Waals surface area contributed by atoms with Crippen LogP contribution in [0.15, 0.2) is 42.5 Å². The molecule has 144 valence electrons. The highest BCUT2D eigenvalue weighted by Crippen LogP contribution is 2.17. The first-order valence-electron chi connectivity index (χ1n) is 8.96. The number of nitrogens with one attached hydrogen (secondary N) is 1. The van der Waals surface area contributed by atoms with Gasteiger partial charge in [-0.05, 0) is 36.4 Å². The van der Waals surface area contributed by atoms with Crippen molar-refractivity contribution in [3.05, 3.63) is 65.5 Å². The van der Waals surface area contributed by atoms with Crippen LogP contribution in [0.25, 0.3) is 0 Å². The van der Waals surface area contributed by atoms with E-state index in [2.05, 4.69) is 10.2 Å². The number of piperazine rings is 1. The Hall–Kier alpha value is -2.54. The van der Waals surface area contributed by atoms with Crippen molar-refractivity contribution < 1.29 is 18.0 Å². The zero-order valence-corrected chi connectivity index (χ0v) is 14.9. The third-order valence-electron chi connectivity index (χ3n) is 4.70. The van der Waals surface area contributed by atoms with Gasteiger partial charge < -0.3 is 15.1 Å². The number of hydrogen-bond donors (Lipinski definition) is 1. The SMILES string of the molecule is O=C(CCNCc1c(F)cccc1F)N1CCN(c2ccc(F)cc2)CC1. The second-order valence-electron chi connectivity index (χ2n) is 6.47. The summed E-state index contributed by atoms with van der Waals surface area (Å²) in [6.45, 7) is 2.96. The zero-order valence-electron chi connectivity index (χ0n) is 14.9. The minimum absolute atomic E-state index is 0.00950. The van der Waals surface area contributed by atoms with Gasteiger partial charge in [0.05, 0.1) is 0 Å². The molecule has 2 aromatic rings. The Kier molecular flexibility index (Phi) is 6.34. The van der Waals surface area contributed by atoms with Crippen LogP contribution in [0.5, 0.6) is 0 Å². The molecule has 0 aromatic heterocycles. The minimum Gasteiger partial charge on any atom is -0.368 e. The van der Waals surface area contributed by atoms with E-state index in [0.717, 1.165) is 5.69 Å². The van der Waals surface area contributed by atoms with Crippen LogP contribution in [0.3, 0.4) is 0 Å². The Morgan fingerprint density at radius 1 is 0.926 bits per heavy atom. The van der Waals surface area contributed by atoms with Crippen molar-refractivity contribution in [1.82, 2.24) is 10.2 Å². The average Bonchev–Trinajstić information content (AvgIpc) is 2.67. The fourth-order valence-electron chi connectivity index (χ4n) is 3.13. The smallest absolute Gasteiger partial charge is 0.223 e. The highest BCUT2D eigenvalue weighted by molar-refractivity contribution is 5.76. The van der Waals surface area contributed by atoms with Crippen LogP contribution in [0.1, 0.15) is 12.0 Å². The zero-order chi connectivity index (χ0) is 19.2. The van der Waals surface area contributed by atoms with Gasteiger partial charge in [-0.15, -0.1) is 0 Å². The van der Waals surface area contributed by atoms with Crippen LogP contribution in [-0.2, 0) is 11.3 Å². The predicted octanol–water partition coefficient (Wildman–Crippen LogP) is 2.93. The van der Waals surface area contributed by atoms with Crippen LogP contribution in [-0.4, -0.2) is 43.5 Å². The van der Waals surface area contributed by atoms with E-state index in [1.807, 2.05) is 0 Å². The molecule has 1 saturated heterocycles. The molecule has 0 radical (unpaired) electrons. The van der Waals surface area contributed by atoms with E-state index in [4.69, 9.17) is 0 Å². The van der Waals surface area contributed by atoms with Gasteiger partial charge in [-0.25, -0.2) is 13.2 Å². The third kappa shape index (κ3) is 5.01. The highest BCUT2D eigenvalue weighted by Gasteiger charge is 2.21. The molecule has 0 unspecified atom stereocenters. The normalized spacial score (nSPS) is 14.5. The van der Waals surface area contributed by atoms with Crippen molar-refractivity contribution in [2.24, 2.45) is 0 Å². The molecule has 0 bridgehead atoms. The summed E-state index contributed by atoms with van der Waals surface area (Å²) in [4.78, 5) is 16.2. The molecule has 1 N–H and O–H groups in total. The van der Waals surface area contributed by atoms with Gasteiger partial charge in [0.15, 0.2) is 0 Å². The third-order valence-corrected chi connectivity index (χ3v) is 4.70. The van der Waals surface area contributed by atoms with Crippen LogP contribution >= 0.6 is 0 Å². The number of anilines is 1. The van der Waals surface area contributed by atoms with E-state index in [0.29, 0.717) is 32.7 Å². The van der Waals surface area contributed by atoms with Crippen LogP contribution in [0.4, 0.5) is 18.9 Å². The van der Waals surface area contributed by atoms with E-state index in [9.17, 15) is 18.0 Å². The summed E-state index contributed by atoms with van der Waals surface area (Å²) in [5, 5.41) is 2.92. The van der Waals surface area contributed by atoms with E-state index in [1.165, 1.54) is 30.3 Å². The standard InChI is InChI=1S/C20H22F3N3O/c21-15-4-6-16(7-5-15)25-10-12-26(13-11-25)20(27)8-9-24-14-17-18(22)2-1-3-19(17)23/h1-7,24H,8-14H2. The summed E-state index contributed by atoms with van der Waals surface area (Å²) in [5.74, 6) is -1.44. The minimum atomic E-state index is -0.592. The molecule has 4 nitrogen and oxygen atoms in total. The number of amides is 1. The summed E-state index contributed by atoms with van der Waals surface area (Å²) >= 11 is 0. The van der Waals surface area contributed by atoms with Gasteiger partial charge in [0, 0.05) is 56.9 Å². The van der Waals surface area contributed by atoms with Crippen molar-refractivity contribution in [2.75, 3.05) is 37.6 Å². The maximum atomic E-state index is 13.5. The molecule has 0 saturated carbocycles. The second kappa shape index (κ2) is 8.90. The Morgan fingerprint density at radius 2 is 1.56 bits per heavy atom. The number of rotatable bonds is 6. The fourth-order valence-corrected chi connectivity index (χ4v) is 3.13. The topological polar surface area (TPSA) is 35.6 Å². The monoisotopic (exact) mass is 377 g/mol. The molecule has 7 heteroatoms. The first-order valence-corrected chi connectivity index (χ1v) is 8.96. The lowest BCUT2D eigenvalue weighted by molar-refractivity contribution is -0.131. The Bertz CT molecular complexity index is 754. The lowest BCUT2D eigenvalue weighted by Gasteiger charge is -2.36. The largest absolute Gasteiger partial charge is 0.368 e. The molecule has 0 aliphatic carbocycles. The molecule has 1 fully saturated rings. The molecule has 1 amide bonds. The number of carbonyl (C=O) groups is 1. The number of hydrogen-bond acceptors (Lipinski definition) is 3. The van der Waals surface area contributed by atoms with Crippen molar-refractivity contribution in [2.45, 2.75) is 13.0 Å². The Morgan fingerprint density at radius 3 is 2.19 bits per heavy atom. The van der Waals surface area contributed by atoms with Crippen molar-refractivity contribution >= 4 is 11.6 Å². The lowest BCUT2D eigenvalue weighted by atomic mass is 10.2. The van der Waals surface area contributed by atoms with E-state index in [1.54, 1.807) is 17.0 Å². The van der Waals surface area contributed by atoms with E-state index in [-0.39, 0.29) is 30.3 Å². The molecule has 3 rings (SSSR count). The van der Waals surface area contributed by atoms with Crippen LogP contribution < -0.4 is 10.2 Å². The van der Waals surface area contributed by atoms with Crippen LogP contribution in [0, 0.1) is 17.5 Å². The first kappa shape index (κ1) is 19.2. The van der Waals surface area contributed by atoms with Gasteiger partial charge in [0.2, 0.25) is 5.91 Å². The van der Waals surface area contributed by atoms with E-state index < -0.39 is 11.6 Å².